The molecule has 1 atom stereocenters. The Balaban J connectivity index is 2.66. The van der Waals surface area contributed by atoms with E-state index in [9.17, 15) is 5.11 Å². The molecule has 1 N–H and O–H groups in total. The van der Waals surface area contributed by atoms with E-state index >= 15 is 0 Å². The molecule has 0 fully saturated rings. The third kappa shape index (κ3) is 1.82. The van der Waals surface area contributed by atoms with Crippen LogP contribution < -0.4 is 0 Å². The third-order valence-electron chi connectivity index (χ3n) is 3.04. The van der Waals surface area contributed by atoms with Crippen LogP contribution in [0.25, 0.3) is 10.8 Å². The Morgan fingerprint density at radius 2 is 2.00 bits per heavy atom. The van der Waals surface area contributed by atoms with Gasteiger partial charge in [-0.15, -0.1) is 0 Å². The average molecular weight is 200 g/mol. The van der Waals surface area contributed by atoms with Gasteiger partial charge in [0.1, 0.15) is 5.75 Å². The summed E-state index contributed by atoms with van der Waals surface area (Å²) in [6.45, 7) is 4.44. The second-order valence-electron chi connectivity index (χ2n) is 4.06. The minimum Gasteiger partial charge on any atom is -0.508 e. The molecule has 0 saturated carbocycles. The number of rotatable bonds is 2. The minimum atomic E-state index is 0.337. The van der Waals surface area contributed by atoms with E-state index in [2.05, 4.69) is 26.0 Å². The number of benzene rings is 2. The lowest BCUT2D eigenvalue weighted by Gasteiger charge is -2.12. The van der Waals surface area contributed by atoms with Crippen LogP contribution in [0.5, 0.6) is 5.75 Å². The maximum Gasteiger partial charge on any atom is 0.116 e. The summed E-state index contributed by atoms with van der Waals surface area (Å²) in [5.41, 5.74) is 1.37. The topological polar surface area (TPSA) is 20.2 Å². The molecule has 78 valence electrons. The summed E-state index contributed by atoms with van der Waals surface area (Å²) in [6.07, 6.45) is 1.14. The number of hydrogen-bond acceptors (Lipinski definition) is 1. The Morgan fingerprint density at radius 1 is 1.20 bits per heavy atom. The maximum absolute atomic E-state index is 9.42. The van der Waals surface area contributed by atoms with E-state index < -0.39 is 0 Å². The van der Waals surface area contributed by atoms with Crippen molar-refractivity contribution in [2.45, 2.75) is 26.2 Å². The van der Waals surface area contributed by atoms with Gasteiger partial charge in [-0.25, -0.2) is 0 Å². The summed E-state index contributed by atoms with van der Waals surface area (Å²) < 4.78 is 0. The van der Waals surface area contributed by atoms with E-state index in [4.69, 9.17) is 0 Å². The van der Waals surface area contributed by atoms with E-state index in [1.54, 1.807) is 6.07 Å². The smallest absolute Gasteiger partial charge is 0.116 e. The van der Waals surface area contributed by atoms with Crippen LogP contribution in [0.4, 0.5) is 0 Å². The fraction of sp³-hybridized carbons (Fsp3) is 0.286. The van der Waals surface area contributed by atoms with Gasteiger partial charge in [0, 0.05) is 0 Å². The normalized spacial score (nSPS) is 12.9. The van der Waals surface area contributed by atoms with Crippen molar-refractivity contribution < 1.29 is 5.11 Å². The monoisotopic (exact) mass is 200 g/mol. The van der Waals surface area contributed by atoms with Crippen LogP contribution in [-0.4, -0.2) is 5.11 Å². The molecular weight excluding hydrogens is 184 g/mol. The van der Waals surface area contributed by atoms with E-state index in [0.29, 0.717) is 11.7 Å². The van der Waals surface area contributed by atoms with Gasteiger partial charge in [-0.3, -0.25) is 0 Å². The fourth-order valence-corrected chi connectivity index (χ4v) is 1.95. The maximum atomic E-state index is 9.42. The molecule has 0 spiro atoms. The minimum absolute atomic E-state index is 0.337. The molecule has 0 aliphatic heterocycles. The highest BCUT2D eigenvalue weighted by Crippen LogP contribution is 2.29. The number of phenolic OH excluding ortho intramolecular Hbond substituents is 1. The Kier molecular flexibility index (Phi) is 2.63. The Labute approximate surface area is 90.4 Å². The van der Waals surface area contributed by atoms with Crippen LogP contribution in [0, 0.1) is 0 Å². The lowest BCUT2D eigenvalue weighted by Crippen LogP contribution is -1.92. The van der Waals surface area contributed by atoms with Crippen molar-refractivity contribution in [2.75, 3.05) is 0 Å². The van der Waals surface area contributed by atoms with Crippen molar-refractivity contribution >= 4 is 10.8 Å². The Morgan fingerprint density at radius 3 is 2.73 bits per heavy atom. The molecular formula is C14H16O. The van der Waals surface area contributed by atoms with E-state index in [1.807, 2.05) is 18.2 Å². The zero-order chi connectivity index (χ0) is 10.8. The van der Waals surface area contributed by atoms with Crippen LogP contribution in [0.2, 0.25) is 0 Å². The highest BCUT2D eigenvalue weighted by atomic mass is 16.3. The fourth-order valence-electron chi connectivity index (χ4n) is 1.95. The first kappa shape index (κ1) is 10.0. The lowest BCUT2D eigenvalue weighted by molar-refractivity contribution is 0.476. The number of hydrogen-bond donors (Lipinski definition) is 1. The SMILES string of the molecule is CCC(C)c1cccc2cc(O)ccc12. The van der Waals surface area contributed by atoms with Crippen molar-refractivity contribution in [1.82, 2.24) is 0 Å². The van der Waals surface area contributed by atoms with Crippen LogP contribution in [0.1, 0.15) is 31.7 Å². The Hall–Kier alpha value is -1.50. The third-order valence-corrected chi connectivity index (χ3v) is 3.04. The standard InChI is InChI=1S/C14H16O/c1-3-10(2)13-6-4-5-11-9-12(15)7-8-14(11)13/h4-10,15H,3H2,1-2H3. The van der Waals surface area contributed by atoms with Crippen molar-refractivity contribution in [2.24, 2.45) is 0 Å². The summed E-state index contributed by atoms with van der Waals surface area (Å²) >= 11 is 0. The molecule has 1 nitrogen and oxygen atoms in total. The molecule has 2 aromatic carbocycles. The second-order valence-corrected chi connectivity index (χ2v) is 4.06. The predicted octanol–water partition coefficient (Wildman–Crippen LogP) is 4.06. The van der Waals surface area contributed by atoms with Crippen LogP contribution in [-0.2, 0) is 0 Å². The molecule has 0 aliphatic carbocycles. The van der Waals surface area contributed by atoms with Gasteiger partial charge in [0.25, 0.3) is 0 Å². The number of fused-ring (bicyclic) bond motifs is 1. The van der Waals surface area contributed by atoms with E-state index in [-0.39, 0.29) is 0 Å². The first-order chi connectivity index (χ1) is 7.22. The summed E-state index contributed by atoms with van der Waals surface area (Å²) in [6, 6.07) is 11.9. The van der Waals surface area contributed by atoms with Crippen molar-refractivity contribution in [3.8, 4) is 5.75 Å². The molecule has 15 heavy (non-hydrogen) atoms. The highest BCUT2D eigenvalue weighted by molar-refractivity contribution is 5.87. The zero-order valence-electron chi connectivity index (χ0n) is 9.20. The van der Waals surface area contributed by atoms with Gasteiger partial charge in [0.15, 0.2) is 0 Å². The molecule has 0 bridgehead atoms. The molecule has 1 heteroatoms. The van der Waals surface area contributed by atoms with E-state index in [0.717, 1.165) is 11.8 Å². The van der Waals surface area contributed by atoms with Gasteiger partial charge in [-0.2, -0.15) is 0 Å². The zero-order valence-corrected chi connectivity index (χ0v) is 9.20. The molecule has 0 saturated heterocycles. The summed E-state index contributed by atoms with van der Waals surface area (Å²) in [7, 11) is 0. The van der Waals surface area contributed by atoms with Gasteiger partial charge in [0.05, 0.1) is 0 Å². The summed E-state index contributed by atoms with van der Waals surface area (Å²) in [5, 5.41) is 11.8. The molecule has 0 aliphatic rings. The van der Waals surface area contributed by atoms with Gasteiger partial charge in [-0.1, -0.05) is 38.1 Å². The van der Waals surface area contributed by atoms with Crippen LogP contribution in [0.3, 0.4) is 0 Å². The number of aromatic hydroxyl groups is 1. The second kappa shape index (κ2) is 3.93. The van der Waals surface area contributed by atoms with Crippen molar-refractivity contribution in [1.29, 1.82) is 0 Å². The highest BCUT2D eigenvalue weighted by Gasteiger charge is 2.07. The quantitative estimate of drug-likeness (QED) is 0.775. The first-order valence-corrected chi connectivity index (χ1v) is 5.44. The summed E-state index contributed by atoms with van der Waals surface area (Å²) in [4.78, 5) is 0. The van der Waals surface area contributed by atoms with Crippen LogP contribution in [0.15, 0.2) is 36.4 Å². The summed E-state index contributed by atoms with van der Waals surface area (Å²) in [5.74, 6) is 0.905. The average Bonchev–Trinajstić information content (AvgIpc) is 2.26. The molecule has 0 aromatic heterocycles. The largest absolute Gasteiger partial charge is 0.508 e. The van der Waals surface area contributed by atoms with Crippen LogP contribution >= 0.6 is 0 Å². The predicted molar refractivity (Wildman–Crippen MR) is 64.3 cm³/mol. The lowest BCUT2D eigenvalue weighted by atomic mass is 9.93. The Bertz CT molecular complexity index is 474. The number of phenols is 1. The molecule has 0 amide bonds. The molecule has 2 rings (SSSR count). The molecule has 0 radical (unpaired) electrons. The van der Waals surface area contributed by atoms with E-state index in [1.165, 1.54) is 10.9 Å². The first-order valence-electron chi connectivity index (χ1n) is 5.44. The molecule has 1 unspecified atom stereocenters. The molecule has 0 heterocycles. The van der Waals surface area contributed by atoms with Gasteiger partial charge in [0.2, 0.25) is 0 Å². The van der Waals surface area contributed by atoms with Gasteiger partial charge in [-0.05, 0) is 40.8 Å². The van der Waals surface area contributed by atoms with Gasteiger partial charge < -0.3 is 5.11 Å². The van der Waals surface area contributed by atoms with Crippen molar-refractivity contribution in [3.63, 3.8) is 0 Å². The molecule has 2 aromatic rings. The van der Waals surface area contributed by atoms with Gasteiger partial charge >= 0.3 is 0 Å². The van der Waals surface area contributed by atoms with Crippen molar-refractivity contribution in [3.05, 3.63) is 42.0 Å².